The van der Waals surface area contributed by atoms with Crippen molar-refractivity contribution in [1.82, 2.24) is 0 Å². The van der Waals surface area contributed by atoms with E-state index < -0.39 is 0 Å². The van der Waals surface area contributed by atoms with Crippen molar-refractivity contribution in [3.8, 4) is 0 Å². The molecule has 2 aromatic carbocycles. The molecule has 0 saturated heterocycles. The zero-order chi connectivity index (χ0) is 8.39. The van der Waals surface area contributed by atoms with Gasteiger partial charge in [-0.1, -0.05) is 25.8 Å². The van der Waals surface area contributed by atoms with Crippen LogP contribution in [0.1, 0.15) is 18.9 Å². The van der Waals surface area contributed by atoms with E-state index in [1.54, 1.807) is 0 Å². The van der Waals surface area contributed by atoms with Gasteiger partial charge in [-0.2, -0.15) is 6.07 Å². The van der Waals surface area contributed by atoms with Crippen molar-refractivity contribution >= 4 is 35.6 Å². The van der Waals surface area contributed by atoms with Crippen LogP contribution in [0.3, 0.4) is 0 Å². The van der Waals surface area contributed by atoms with Crippen LogP contribution in [0, 0.1) is 0 Å². The average molecular weight is 321 g/mol. The summed E-state index contributed by atoms with van der Waals surface area (Å²) in [6, 6.07) is 13.0. The molecule has 0 aliphatic rings. The van der Waals surface area contributed by atoms with Crippen LogP contribution in [0.4, 0.5) is 0 Å². The summed E-state index contributed by atoms with van der Waals surface area (Å²) in [6.07, 6.45) is 2.43. The maximum Gasteiger partial charge on any atom is 0 e. The third-order valence-electron chi connectivity index (χ3n) is 2.29. The summed E-state index contributed by atoms with van der Waals surface area (Å²) in [5.41, 5.74) is 1.49. The fraction of sp³-hybridized carbons (Fsp3) is 0.250. The van der Waals surface area contributed by atoms with Gasteiger partial charge < -0.3 is 0 Å². The fourth-order valence-corrected chi connectivity index (χ4v) is 1.70. The Morgan fingerprint density at radius 3 is 2.40 bits per heavy atom. The van der Waals surface area contributed by atoms with Gasteiger partial charge in [0.05, 0.1) is 0 Å². The number of fused-ring (bicyclic) bond motifs is 1. The van der Waals surface area contributed by atoms with Crippen LogP contribution >= 0.6 is 24.8 Å². The maximum absolute atomic E-state index is 2.24. The predicted octanol–water partition coefficient (Wildman–Crippen LogP) is 4.35. The standard InChI is InChI=1S/C12H13.2ClH.Zr/c1-2-5-10-8-9-11-6-3-4-7-12(10)11;;;/h3-4,6-9H,2,5H2,1H3;2*1H;/q-1;;;. The van der Waals surface area contributed by atoms with Gasteiger partial charge in [0, 0.05) is 26.2 Å². The summed E-state index contributed by atoms with van der Waals surface area (Å²) in [4.78, 5) is 0. The molecule has 2 rings (SSSR count). The molecule has 0 atom stereocenters. The molecular formula is C12H15Cl2Zr-. The quantitative estimate of drug-likeness (QED) is 0.721. The van der Waals surface area contributed by atoms with Crippen molar-refractivity contribution in [2.75, 3.05) is 0 Å². The normalized spacial score (nSPS) is 8.60. The first-order chi connectivity index (χ1) is 5.92. The molecule has 3 heteroatoms. The minimum atomic E-state index is 0. The van der Waals surface area contributed by atoms with Gasteiger partial charge in [-0.25, -0.2) is 0 Å². The Morgan fingerprint density at radius 2 is 1.73 bits per heavy atom. The van der Waals surface area contributed by atoms with Gasteiger partial charge in [0.1, 0.15) is 0 Å². The van der Waals surface area contributed by atoms with Crippen molar-refractivity contribution in [1.29, 1.82) is 0 Å². The third-order valence-corrected chi connectivity index (χ3v) is 2.29. The van der Waals surface area contributed by atoms with E-state index in [1.165, 1.54) is 29.2 Å². The molecule has 0 fully saturated rings. The first-order valence-electron chi connectivity index (χ1n) is 4.55. The van der Waals surface area contributed by atoms with Crippen LogP contribution in [0.5, 0.6) is 0 Å². The summed E-state index contributed by atoms with van der Waals surface area (Å²) in [6.45, 7) is 2.22. The summed E-state index contributed by atoms with van der Waals surface area (Å²) >= 11 is 0. The van der Waals surface area contributed by atoms with E-state index in [2.05, 4.69) is 43.3 Å². The Kier molecular flexibility index (Phi) is 9.95. The second-order valence-corrected chi connectivity index (χ2v) is 3.20. The fourth-order valence-electron chi connectivity index (χ4n) is 1.70. The number of aryl methyl sites for hydroxylation is 1. The average Bonchev–Trinajstić information content (AvgIpc) is 2.50. The molecule has 82 valence electrons. The van der Waals surface area contributed by atoms with E-state index in [-0.39, 0.29) is 51.0 Å². The van der Waals surface area contributed by atoms with Crippen molar-refractivity contribution in [3.05, 3.63) is 42.0 Å². The molecule has 0 saturated carbocycles. The van der Waals surface area contributed by atoms with Crippen molar-refractivity contribution < 1.29 is 26.2 Å². The van der Waals surface area contributed by atoms with Gasteiger partial charge in [-0.3, -0.25) is 0 Å². The Morgan fingerprint density at radius 1 is 1.07 bits per heavy atom. The zero-order valence-electron chi connectivity index (χ0n) is 8.69. The molecule has 0 unspecified atom stereocenters. The second-order valence-electron chi connectivity index (χ2n) is 3.20. The Balaban J connectivity index is 0. The minimum Gasteiger partial charge on any atom is -0.168 e. The Hall–Kier alpha value is 0.293. The molecule has 0 aliphatic heterocycles. The Labute approximate surface area is 123 Å². The minimum absolute atomic E-state index is 0. The third kappa shape index (κ3) is 3.98. The molecular weight excluding hydrogens is 306 g/mol. The van der Waals surface area contributed by atoms with E-state index >= 15 is 0 Å². The van der Waals surface area contributed by atoms with Crippen LogP contribution in [0.2, 0.25) is 0 Å². The number of hydrogen-bond donors (Lipinski definition) is 0. The predicted molar refractivity (Wildman–Crippen MR) is 68.0 cm³/mol. The van der Waals surface area contributed by atoms with Gasteiger partial charge in [0.25, 0.3) is 0 Å². The van der Waals surface area contributed by atoms with E-state index in [0.29, 0.717) is 0 Å². The maximum atomic E-state index is 2.24. The van der Waals surface area contributed by atoms with Gasteiger partial charge in [0.15, 0.2) is 0 Å². The summed E-state index contributed by atoms with van der Waals surface area (Å²) in [7, 11) is 0. The monoisotopic (exact) mass is 319 g/mol. The summed E-state index contributed by atoms with van der Waals surface area (Å²) in [5.74, 6) is 0. The van der Waals surface area contributed by atoms with Gasteiger partial charge in [0.2, 0.25) is 0 Å². The first-order valence-corrected chi connectivity index (χ1v) is 4.55. The van der Waals surface area contributed by atoms with Crippen LogP contribution in [-0.2, 0) is 32.6 Å². The van der Waals surface area contributed by atoms with Crippen LogP contribution < -0.4 is 0 Å². The van der Waals surface area contributed by atoms with E-state index in [9.17, 15) is 0 Å². The smallest absolute Gasteiger partial charge is 0 e. The van der Waals surface area contributed by atoms with E-state index in [4.69, 9.17) is 0 Å². The number of hydrogen-bond acceptors (Lipinski definition) is 0. The van der Waals surface area contributed by atoms with Gasteiger partial charge in [-0.15, -0.1) is 65.4 Å². The molecule has 0 nitrogen and oxygen atoms in total. The number of benzene rings is 1. The second kappa shape index (κ2) is 8.45. The first kappa shape index (κ1) is 17.7. The largest absolute Gasteiger partial charge is 0.168 e. The van der Waals surface area contributed by atoms with E-state index in [0.717, 1.165) is 0 Å². The molecule has 0 heterocycles. The topological polar surface area (TPSA) is 0 Å². The molecule has 0 aliphatic carbocycles. The SMILES string of the molecule is CCC[c-]1ccc2ccccc21.Cl.Cl.[Zr]. The molecule has 2 aromatic rings. The van der Waals surface area contributed by atoms with Crippen molar-refractivity contribution in [2.45, 2.75) is 19.8 Å². The molecule has 0 amide bonds. The Bertz CT molecular complexity index is 382. The van der Waals surface area contributed by atoms with E-state index in [1.807, 2.05) is 0 Å². The van der Waals surface area contributed by atoms with Gasteiger partial charge >= 0.3 is 0 Å². The number of halogens is 2. The van der Waals surface area contributed by atoms with Crippen molar-refractivity contribution in [3.63, 3.8) is 0 Å². The zero-order valence-corrected chi connectivity index (χ0v) is 12.8. The van der Waals surface area contributed by atoms with Crippen LogP contribution in [-0.4, -0.2) is 0 Å². The van der Waals surface area contributed by atoms with Gasteiger partial charge in [-0.05, 0) is 0 Å². The molecule has 0 radical (unpaired) electrons. The summed E-state index contributed by atoms with van der Waals surface area (Å²) in [5, 5.41) is 2.81. The summed E-state index contributed by atoms with van der Waals surface area (Å²) < 4.78 is 0. The molecule has 0 bridgehead atoms. The van der Waals surface area contributed by atoms with Crippen LogP contribution in [0.25, 0.3) is 10.8 Å². The molecule has 15 heavy (non-hydrogen) atoms. The molecule has 0 aromatic heterocycles. The number of rotatable bonds is 2. The van der Waals surface area contributed by atoms with Crippen molar-refractivity contribution in [2.24, 2.45) is 0 Å². The molecule has 0 N–H and O–H groups in total. The molecule has 0 spiro atoms. The van der Waals surface area contributed by atoms with Crippen LogP contribution in [0.15, 0.2) is 36.4 Å².